The molecule has 1 fully saturated rings. The zero-order valence-corrected chi connectivity index (χ0v) is 13.2. The van der Waals surface area contributed by atoms with Gasteiger partial charge in [-0.15, -0.1) is 0 Å². The summed E-state index contributed by atoms with van der Waals surface area (Å²) < 4.78 is 13.9. The summed E-state index contributed by atoms with van der Waals surface area (Å²) in [4.78, 5) is 2.44. The Morgan fingerprint density at radius 3 is 2.75 bits per heavy atom. The number of nitrogens with one attached hydrogen (secondary N) is 1. The monoisotopic (exact) mass is 278 g/mol. The van der Waals surface area contributed by atoms with E-state index in [0.717, 1.165) is 30.1 Å². The smallest absolute Gasteiger partial charge is 0.126 e. The van der Waals surface area contributed by atoms with E-state index in [1.54, 1.807) is 6.07 Å². The van der Waals surface area contributed by atoms with Crippen molar-refractivity contribution in [2.75, 3.05) is 25.0 Å². The summed E-state index contributed by atoms with van der Waals surface area (Å²) in [5.74, 6) is 0.695. The Hall–Kier alpha value is -1.09. The first kappa shape index (κ1) is 15.3. The highest BCUT2D eigenvalue weighted by Gasteiger charge is 2.20. The SMILES string of the molecule is CNC(C)c1cc(F)c(C)cc1N1CCCC(C)CC1. The lowest BCUT2D eigenvalue weighted by Gasteiger charge is -2.28. The molecule has 1 N–H and O–H groups in total. The van der Waals surface area contributed by atoms with E-state index < -0.39 is 0 Å². The van der Waals surface area contributed by atoms with Gasteiger partial charge in [-0.1, -0.05) is 6.92 Å². The standard InChI is InChI=1S/C17H27FN2/c1-12-6-5-8-20(9-7-12)17-10-13(2)16(18)11-15(17)14(3)19-4/h10-12,14,19H,5-9H2,1-4H3. The molecule has 20 heavy (non-hydrogen) atoms. The van der Waals surface area contributed by atoms with Gasteiger partial charge in [0.05, 0.1) is 0 Å². The molecule has 1 aromatic rings. The average molecular weight is 278 g/mol. The summed E-state index contributed by atoms with van der Waals surface area (Å²) in [5.41, 5.74) is 3.02. The lowest BCUT2D eigenvalue weighted by molar-refractivity contribution is 0.521. The molecule has 3 heteroatoms. The van der Waals surface area contributed by atoms with Crippen molar-refractivity contribution in [2.45, 2.75) is 46.1 Å². The zero-order chi connectivity index (χ0) is 14.7. The second kappa shape index (κ2) is 6.57. The molecule has 2 rings (SSSR count). The maximum absolute atomic E-state index is 13.9. The number of aryl methyl sites for hydroxylation is 1. The molecule has 1 aliphatic heterocycles. The maximum Gasteiger partial charge on any atom is 0.126 e. The van der Waals surface area contributed by atoms with E-state index in [9.17, 15) is 4.39 Å². The number of anilines is 1. The molecule has 0 saturated carbocycles. The lowest BCUT2D eigenvalue weighted by atomic mass is 10.0. The number of benzene rings is 1. The van der Waals surface area contributed by atoms with Crippen molar-refractivity contribution in [2.24, 2.45) is 5.92 Å². The van der Waals surface area contributed by atoms with E-state index in [0.29, 0.717) is 0 Å². The third-order valence-corrected chi connectivity index (χ3v) is 4.56. The second-order valence-corrected chi connectivity index (χ2v) is 6.19. The molecule has 0 bridgehead atoms. The number of rotatable bonds is 3. The van der Waals surface area contributed by atoms with Crippen LogP contribution in [-0.2, 0) is 0 Å². The van der Waals surface area contributed by atoms with Gasteiger partial charge in [0.25, 0.3) is 0 Å². The fraction of sp³-hybridized carbons (Fsp3) is 0.647. The second-order valence-electron chi connectivity index (χ2n) is 6.19. The summed E-state index contributed by atoms with van der Waals surface area (Å²) in [6.45, 7) is 8.44. The van der Waals surface area contributed by atoms with Crippen molar-refractivity contribution in [3.05, 3.63) is 29.1 Å². The Labute approximate surface area is 122 Å². The predicted molar refractivity (Wildman–Crippen MR) is 83.8 cm³/mol. The van der Waals surface area contributed by atoms with E-state index >= 15 is 0 Å². The van der Waals surface area contributed by atoms with Crippen LogP contribution in [0.5, 0.6) is 0 Å². The maximum atomic E-state index is 13.9. The molecule has 0 spiro atoms. The summed E-state index contributed by atoms with van der Waals surface area (Å²) >= 11 is 0. The molecule has 1 saturated heterocycles. The minimum atomic E-state index is -0.103. The highest BCUT2D eigenvalue weighted by Crippen LogP contribution is 2.31. The first-order chi connectivity index (χ1) is 9.52. The number of nitrogens with zero attached hydrogens (tertiary/aromatic N) is 1. The zero-order valence-electron chi connectivity index (χ0n) is 13.2. The average Bonchev–Trinajstić information content (AvgIpc) is 2.65. The van der Waals surface area contributed by atoms with Crippen LogP contribution in [0, 0.1) is 18.7 Å². The molecule has 0 aromatic heterocycles. The molecule has 112 valence electrons. The molecule has 2 nitrogen and oxygen atoms in total. The van der Waals surface area contributed by atoms with Gasteiger partial charge in [0.2, 0.25) is 0 Å². The van der Waals surface area contributed by atoms with Gasteiger partial charge in [-0.2, -0.15) is 0 Å². The topological polar surface area (TPSA) is 15.3 Å². The number of halogens is 1. The summed E-state index contributed by atoms with van der Waals surface area (Å²) in [7, 11) is 1.93. The number of hydrogen-bond donors (Lipinski definition) is 1. The van der Waals surface area contributed by atoms with Crippen LogP contribution in [0.4, 0.5) is 10.1 Å². The fourth-order valence-electron chi connectivity index (χ4n) is 2.96. The van der Waals surface area contributed by atoms with Crippen LogP contribution in [0.3, 0.4) is 0 Å². The van der Waals surface area contributed by atoms with Crippen LogP contribution in [0.1, 0.15) is 50.3 Å². The molecule has 2 unspecified atom stereocenters. The van der Waals surface area contributed by atoms with Crippen LogP contribution < -0.4 is 10.2 Å². The normalized spacial score (nSPS) is 21.6. The molecule has 1 aliphatic rings. The van der Waals surface area contributed by atoms with Gasteiger partial charge < -0.3 is 10.2 Å². The molecular weight excluding hydrogens is 251 g/mol. The van der Waals surface area contributed by atoms with Crippen LogP contribution in [-0.4, -0.2) is 20.1 Å². The van der Waals surface area contributed by atoms with Crippen molar-refractivity contribution in [1.82, 2.24) is 5.32 Å². The minimum absolute atomic E-state index is 0.103. The van der Waals surface area contributed by atoms with Gasteiger partial charge in [0.15, 0.2) is 0 Å². The highest BCUT2D eigenvalue weighted by atomic mass is 19.1. The molecule has 1 heterocycles. The third-order valence-electron chi connectivity index (χ3n) is 4.56. The van der Waals surface area contributed by atoms with E-state index in [-0.39, 0.29) is 11.9 Å². The van der Waals surface area contributed by atoms with Gasteiger partial charge in [-0.05, 0) is 69.3 Å². The predicted octanol–water partition coefficient (Wildman–Crippen LogP) is 4.04. The van der Waals surface area contributed by atoms with Gasteiger partial charge in [-0.3, -0.25) is 0 Å². The molecule has 0 aliphatic carbocycles. The van der Waals surface area contributed by atoms with Crippen LogP contribution in [0.15, 0.2) is 12.1 Å². The van der Waals surface area contributed by atoms with Gasteiger partial charge >= 0.3 is 0 Å². The lowest BCUT2D eigenvalue weighted by Crippen LogP contribution is -2.27. The third kappa shape index (κ3) is 3.32. The van der Waals surface area contributed by atoms with Crippen LogP contribution in [0.2, 0.25) is 0 Å². The van der Waals surface area contributed by atoms with Crippen LogP contribution >= 0.6 is 0 Å². The van der Waals surface area contributed by atoms with Gasteiger partial charge in [-0.25, -0.2) is 4.39 Å². The Morgan fingerprint density at radius 2 is 2.05 bits per heavy atom. The van der Waals surface area contributed by atoms with E-state index in [2.05, 4.69) is 24.1 Å². The van der Waals surface area contributed by atoms with E-state index in [1.807, 2.05) is 20.0 Å². The van der Waals surface area contributed by atoms with Gasteiger partial charge in [0.1, 0.15) is 5.82 Å². The molecule has 0 amide bonds. The van der Waals surface area contributed by atoms with Crippen molar-refractivity contribution in [3.63, 3.8) is 0 Å². The Balaban J connectivity index is 2.35. The van der Waals surface area contributed by atoms with Crippen molar-refractivity contribution < 1.29 is 4.39 Å². The quantitative estimate of drug-likeness (QED) is 0.897. The molecule has 0 radical (unpaired) electrons. The highest BCUT2D eigenvalue weighted by molar-refractivity contribution is 5.57. The first-order valence-corrected chi connectivity index (χ1v) is 7.75. The van der Waals surface area contributed by atoms with Crippen LogP contribution in [0.25, 0.3) is 0 Å². The Bertz CT molecular complexity index is 459. The first-order valence-electron chi connectivity index (χ1n) is 7.75. The van der Waals surface area contributed by atoms with E-state index in [1.165, 1.54) is 24.9 Å². The largest absolute Gasteiger partial charge is 0.371 e. The number of hydrogen-bond acceptors (Lipinski definition) is 2. The van der Waals surface area contributed by atoms with Crippen molar-refractivity contribution in [1.29, 1.82) is 0 Å². The summed E-state index contributed by atoms with van der Waals surface area (Å²) in [6.07, 6.45) is 3.75. The molecular formula is C17H27FN2. The van der Waals surface area contributed by atoms with Gasteiger partial charge in [0, 0.05) is 24.8 Å². The summed E-state index contributed by atoms with van der Waals surface area (Å²) in [5, 5.41) is 3.24. The molecule has 2 atom stereocenters. The molecule has 1 aromatic carbocycles. The minimum Gasteiger partial charge on any atom is -0.371 e. The Kier molecular flexibility index (Phi) is 5.03. The van der Waals surface area contributed by atoms with E-state index in [4.69, 9.17) is 0 Å². The Morgan fingerprint density at radius 1 is 1.30 bits per heavy atom. The van der Waals surface area contributed by atoms with Crippen molar-refractivity contribution in [3.8, 4) is 0 Å². The summed E-state index contributed by atoms with van der Waals surface area (Å²) in [6, 6.07) is 3.90. The fourth-order valence-corrected chi connectivity index (χ4v) is 2.96. The van der Waals surface area contributed by atoms with Crippen molar-refractivity contribution >= 4 is 5.69 Å².